The monoisotopic (exact) mass is 377 g/mol. The summed E-state index contributed by atoms with van der Waals surface area (Å²) in [5.74, 6) is 0.604. The van der Waals surface area contributed by atoms with E-state index in [-0.39, 0.29) is 5.91 Å². The molecule has 2 aliphatic rings. The molecular formula is C22H23N3O3. The predicted octanol–water partition coefficient (Wildman–Crippen LogP) is 2.30. The van der Waals surface area contributed by atoms with Crippen molar-refractivity contribution < 1.29 is 14.3 Å². The van der Waals surface area contributed by atoms with Gasteiger partial charge in [-0.2, -0.15) is 5.26 Å². The minimum Gasteiger partial charge on any atom is -0.488 e. The SMILES string of the molecule is N#CC(Cc1ccc2c(c1)COc1ccccc1-2)NC(=O)C1(N)CCOCC1. The Balaban J connectivity index is 1.48. The lowest BCUT2D eigenvalue weighted by molar-refractivity contribution is -0.130. The zero-order valence-corrected chi connectivity index (χ0v) is 15.6. The third kappa shape index (κ3) is 3.59. The fourth-order valence-electron chi connectivity index (χ4n) is 3.76. The van der Waals surface area contributed by atoms with Gasteiger partial charge in [-0.1, -0.05) is 36.4 Å². The quantitative estimate of drug-likeness (QED) is 0.852. The van der Waals surface area contributed by atoms with Gasteiger partial charge in [0.15, 0.2) is 0 Å². The van der Waals surface area contributed by atoms with Crippen molar-refractivity contribution in [2.24, 2.45) is 5.73 Å². The van der Waals surface area contributed by atoms with Crippen LogP contribution in [0.1, 0.15) is 24.0 Å². The van der Waals surface area contributed by atoms with Crippen LogP contribution in [0.25, 0.3) is 11.1 Å². The van der Waals surface area contributed by atoms with Gasteiger partial charge in [0.25, 0.3) is 0 Å². The van der Waals surface area contributed by atoms with E-state index in [2.05, 4.69) is 23.5 Å². The summed E-state index contributed by atoms with van der Waals surface area (Å²) in [6.45, 7) is 1.43. The van der Waals surface area contributed by atoms with E-state index in [9.17, 15) is 10.1 Å². The second kappa shape index (κ2) is 7.63. The molecule has 2 heterocycles. The van der Waals surface area contributed by atoms with E-state index in [0.29, 0.717) is 39.1 Å². The number of para-hydroxylation sites is 1. The van der Waals surface area contributed by atoms with Crippen LogP contribution in [0.3, 0.4) is 0 Å². The summed E-state index contributed by atoms with van der Waals surface area (Å²) < 4.78 is 11.1. The van der Waals surface area contributed by atoms with Crippen molar-refractivity contribution in [3.8, 4) is 22.9 Å². The molecule has 2 aromatic rings. The van der Waals surface area contributed by atoms with Gasteiger partial charge in [0.2, 0.25) is 5.91 Å². The lowest BCUT2D eigenvalue weighted by Gasteiger charge is -2.32. The number of nitrogens with two attached hydrogens (primary N) is 1. The Hall–Kier alpha value is -2.88. The van der Waals surface area contributed by atoms with Gasteiger partial charge < -0.3 is 20.5 Å². The number of nitrogens with zero attached hydrogens (tertiary/aromatic N) is 1. The number of carbonyl (C=O) groups excluding carboxylic acids is 1. The third-order valence-corrected chi connectivity index (χ3v) is 5.47. The van der Waals surface area contributed by atoms with Crippen LogP contribution in [-0.2, 0) is 22.6 Å². The fourth-order valence-corrected chi connectivity index (χ4v) is 3.76. The summed E-state index contributed by atoms with van der Waals surface area (Å²) in [4.78, 5) is 12.6. The summed E-state index contributed by atoms with van der Waals surface area (Å²) in [6.07, 6.45) is 1.35. The molecule has 2 aromatic carbocycles. The summed E-state index contributed by atoms with van der Waals surface area (Å²) >= 11 is 0. The molecule has 2 aliphatic heterocycles. The second-order valence-corrected chi connectivity index (χ2v) is 7.40. The van der Waals surface area contributed by atoms with E-state index in [1.165, 1.54) is 0 Å². The second-order valence-electron chi connectivity index (χ2n) is 7.40. The van der Waals surface area contributed by atoms with Crippen LogP contribution in [0.4, 0.5) is 0 Å². The van der Waals surface area contributed by atoms with Crippen LogP contribution in [0.2, 0.25) is 0 Å². The molecule has 1 amide bonds. The molecule has 6 nitrogen and oxygen atoms in total. The lowest BCUT2D eigenvalue weighted by atomic mass is 9.89. The van der Waals surface area contributed by atoms with Gasteiger partial charge in [-0.3, -0.25) is 4.79 Å². The summed E-state index contributed by atoms with van der Waals surface area (Å²) in [7, 11) is 0. The van der Waals surface area contributed by atoms with E-state index in [1.54, 1.807) is 0 Å². The van der Waals surface area contributed by atoms with Crippen LogP contribution in [0, 0.1) is 11.3 Å². The Kier molecular flexibility index (Phi) is 5.03. The summed E-state index contributed by atoms with van der Waals surface area (Å²) in [6, 6.07) is 15.6. The molecule has 0 aromatic heterocycles. The number of ether oxygens (including phenoxy) is 2. The number of rotatable bonds is 4. The van der Waals surface area contributed by atoms with Crippen LogP contribution in [-0.4, -0.2) is 30.7 Å². The molecule has 3 N–H and O–H groups in total. The predicted molar refractivity (Wildman–Crippen MR) is 104 cm³/mol. The number of hydrogen-bond donors (Lipinski definition) is 2. The van der Waals surface area contributed by atoms with Crippen molar-refractivity contribution >= 4 is 5.91 Å². The fraction of sp³-hybridized carbons (Fsp3) is 0.364. The molecule has 1 unspecified atom stereocenters. The zero-order chi connectivity index (χ0) is 19.6. The van der Waals surface area contributed by atoms with E-state index >= 15 is 0 Å². The number of hydrogen-bond acceptors (Lipinski definition) is 5. The average Bonchev–Trinajstić information content (AvgIpc) is 2.73. The summed E-state index contributed by atoms with van der Waals surface area (Å²) in [5.41, 5.74) is 9.54. The number of nitriles is 1. The topological polar surface area (TPSA) is 97.4 Å². The number of amides is 1. The highest BCUT2D eigenvalue weighted by atomic mass is 16.5. The molecule has 1 saturated heterocycles. The van der Waals surface area contributed by atoms with Gasteiger partial charge >= 0.3 is 0 Å². The van der Waals surface area contributed by atoms with Crippen LogP contribution < -0.4 is 15.8 Å². The molecule has 4 rings (SSSR count). The molecule has 28 heavy (non-hydrogen) atoms. The lowest BCUT2D eigenvalue weighted by Crippen LogP contribution is -2.58. The van der Waals surface area contributed by atoms with Gasteiger partial charge in [-0.05, 0) is 35.6 Å². The van der Waals surface area contributed by atoms with E-state index < -0.39 is 11.6 Å². The van der Waals surface area contributed by atoms with E-state index in [4.69, 9.17) is 15.2 Å². The normalized spacial score (nSPS) is 18.0. The minimum atomic E-state index is -0.958. The Morgan fingerprint density at radius 2 is 2.00 bits per heavy atom. The highest BCUT2D eigenvalue weighted by Gasteiger charge is 2.36. The van der Waals surface area contributed by atoms with Gasteiger partial charge in [0.05, 0.1) is 11.6 Å². The molecule has 0 bridgehead atoms. The highest BCUT2D eigenvalue weighted by molar-refractivity contribution is 5.86. The number of fused-ring (bicyclic) bond motifs is 3. The van der Waals surface area contributed by atoms with E-state index in [1.807, 2.05) is 30.3 Å². The molecule has 6 heteroatoms. The number of carbonyl (C=O) groups is 1. The summed E-state index contributed by atoms with van der Waals surface area (Å²) in [5, 5.41) is 12.3. The van der Waals surface area contributed by atoms with Crippen molar-refractivity contribution in [2.45, 2.75) is 37.5 Å². The van der Waals surface area contributed by atoms with Crippen molar-refractivity contribution in [3.05, 3.63) is 53.6 Å². The van der Waals surface area contributed by atoms with Crippen molar-refractivity contribution in [3.63, 3.8) is 0 Å². The Morgan fingerprint density at radius 3 is 2.79 bits per heavy atom. The van der Waals surface area contributed by atoms with Crippen molar-refractivity contribution in [1.29, 1.82) is 5.26 Å². The maximum absolute atomic E-state index is 12.6. The van der Waals surface area contributed by atoms with Crippen LogP contribution in [0.5, 0.6) is 5.75 Å². The average molecular weight is 377 g/mol. The molecule has 0 spiro atoms. The molecule has 144 valence electrons. The van der Waals surface area contributed by atoms with Gasteiger partial charge in [-0.15, -0.1) is 0 Å². The molecule has 1 fully saturated rings. The van der Waals surface area contributed by atoms with Crippen molar-refractivity contribution in [2.75, 3.05) is 13.2 Å². The van der Waals surface area contributed by atoms with Gasteiger partial charge in [0, 0.05) is 25.2 Å². The smallest absolute Gasteiger partial charge is 0.241 e. The maximum Gasteiger partial charge on any atom is 0.241 e. The largest absolute Gasteiger partial charge is 0.488 e. The Morgan fingerprint density at radius 1 is 1.21 bits per heavy atom. The molecular weight excluding hydrogens is 354 g/mol. The first-order valence-corrected chi connectivity index (χ1v) is 9.50. The first-order chi connectivity index (χ1) is 13.6. The third-order valence-electron chi connectivity index (χ3n) is 5.47. The van der Waals surface area contributed by atoms with E-state index in [0.717, 1.165) is 28.0 Å². The zero-order valence-electron chi connectivity index (χ0n) is 15.6. The Labute approximate surface area is 164 Å². The number of benzene rings is 2. The van der Waals surface area contributed by atoms with Crippen molar-refractivity contribution in [1.82, 2.24) is 5.32 Å². The molecule has 0 radical (unpaired) electrons. The van der Waals surface area contributed by atoms with Gasteiger partial charge in [-0.25, -0.2) is 0 Å². The minimum absolute atomic E-state index is 0.280. The van der Waals surface area contributed by atoms with Crippen LogP contribution in [0.15, 0.2) is 42.5 Å². The number of nitrogens with one attached hydrogen (secondary N) is 1. The molecule has 0 saturated carbocycles. The van der Waals surface area contributed by atoms with Crippen LogP contribution >= 0.6 is 0 Å². The van der Waals surface area contributed by atoms with Gasteiger partial charge in [0.1, 0.15) is 18.4 Å². The first kappa shape index (κ1) is 18.5. The first-order valence-electron chi connectivity index (χ1n) is 9.50. The molecule has 1 atom stereocenters. The standard InChI is InChI=1S/C22H23N3O3/c23-13-17(25-21(26)22(24)7-9-27-10-8-22)12-15-5-6-18-16(11-15)14-28-20-4-2-1-3-19(18)20/h1-6,11,17H,7-10,12,14,24H2,(H,25,26). The Bertz CT molecular complexity index is 929. The molecule has 0 aliphatic carbocycles. The maximum atomic E-state index is 12.6. The highest BCUT2D eigenvalue weighted by Crippen LogP contribution is 2.37.